The Bertz CT molecular complexity index is 1430. The molecule has 1 atom stereocenters. The van der Waals surface area contributed by atoms with E-state index in [0.29, 0.717) is 18.1 Å². The molecule has 8 nitrogen and oxygen atoms in total. The smallest absolute Gasteiger partial charge is 0.251 e. The molecule has 0 bridgehead atoms. The topological polar surface area (TPSA) is 97.6 Å². The van der Waals surface area contributed by atoms with E-state index in [1.807, 2.05) is 72.2 Å². The minimum atomic E-state index is -0.129. The van der Waals surface area contributed by atoms with Gasteiger partial charge in [-0.1, -0.05) is 24.3 Å². The number of carbonyl (C=O) groups is 1. The number of rotatable bonds is 7. The summed E-state index contributed by atoms with van der Waals surface area (Å²) in [6, 6.07) is 20.9. The zero-order valence-electron chi connectivity index (χ0n) is 18.6. The molecule has 1 amide bonds. The third-order valence-electron chi connectivity index (χ3n) is 5.54. The van der Waals surface area contributed by atoms with Crippen LogP contribution in [0.2, 0.25) is 0 Å². The maximum atomic E-state index is 12.7. The summed E-state index contributed by atoms with van der Waals surface area (Å²) in [5.41, 5.74) is 4.43. The molecular weight excluding hydrogens is 426 g/mol. The Balaban J connectivity index is 1.30. The van der Waals surface area contributed by atoms with Crippen LogP contribution in [0.5, 0.6) is 0 Å². The third kappa shape index (κ3) is 4.61. The number of amides is 1. The van der Waals surface area contributed by atoms with Gasteiger partial charge in [-0.25, -0.2) is 9.97 Å². The van der Waals surface area contributed by atoms with E-state index in [0.717, 1.165) is 28.0 Å². The van der Waals surface area contributed by atoms with E-state index in [2.05, 4.69) is 30.6 Å². The van der Waals surface area contributed by atoms with E-state index in [1.165, 1.54) is 0 Å². The molecule has 3 aromatic heterocycles. The molecule has 34 heavy (non-hydrogen) atoms. The lowest BCUT2D eigenvalue weighted by Crippen LogP contribution is -2.23. The normalized spacial score (nSPS) is 11.8. The van der Waals surface area contributed by atoms with Gasteiger partial charge in [-0.2, -0.15) is 4.98 Å². The molecule has 5 aromatic rings. The lowest BCUT2D eigenvalue weighted by Gasteiger charge is -2.16. The largest absolute Gasteiger partial charge is 0.348 e. The summed E-state index contributed by atoms with van der Waals surface area (Å²) in [7, 11) is 0. The van der Waals surface area contributed by atoms with Crippen LogP contribution in [0.25, 0.3) is 16.9 Å². The number of pyridine rings is 1. The second-order valence-corrected chi connectivity index (χ2v) is 7.87. The van der Waals surface area contributed by atoms with Gasteiger partial charge in [0.2, 0.25) is 5.95 Å². The van der Waals surface area contributed by atoms with Gasteiger partial charge in [0.15, 0.2) is 0 Å². The molecule has 0 fully saturated rings. The Morgan fingerprint density at radius 3 is 2.71 bits per heavy atom. The number of imidazole rings is 1. The minimum absolute atomic E-state index is 0.109. The molecular formula is C26H23N7O. The summed E-state index contributed by atoms with van der Waals surface area (Å²) >= 11 is 0. The van der Waals surface area contributed by atoms with Crippen LogP contribution in [0, 0.1) is 0 Å². The van der Waals surface area contributed by atoms with E-state index in [1.54, 1.807) is 31.0 Å². The van der Waals surface area contributed by atoms with E-state index < -0.39 is 0 Å². The average Bonchev–Trinajstić information content (AvgIpc) is 3.32. The number of anilines is 1. The highest BCUT2D eigenvalue weighted by molar-refractivity contribution is 5.94. The highest BCUT2D eigenvalue weighted by Gasteiger charge is 2.12. The van der Waals surface area contributed by atoms with Crippen molar-refractivity contribution in [2.24, 2.45) is 0 Å². The Kier molecular flexibility index (Phi) is 5.94. The number of benzene rings is 2. The first-order chi connectivity index (χ1) is 16.7. The number of nitrogens with one attached hydrogen (secondary N) is 2. The van der Waals surface area contributed by atoms with Crippen molar-refractivity contribution in [3.8, 4) is 5.82 Å². The molecule has 2 aromatic carbocycles. The van der Waals surface area contributed by atoms with Crippen LogP contribution >= 0.6 is 0 Å². The Hall–Kier alpha value is -4.59. The van der Waals surface area contributed by atoms with E-state index in [-0.39, 0.29) is 11.9 Å². The Morgan fingerprint density at radius 2 is 1.82 bits per heavy atom. The van der Waals surface area contributed by atoms with Crippen LogP contribution in [-0.2, 0) is 6.54 Å². The predicted molar refractivity (Wildman–Crippen MR) is 131 cm³/mol. The number of fused-ring (bicyclic) bond motifs is 1. The van der Waals surface area contributed by atoms with E-state index >= 15 is 0 Å². The minimum Gasteiger partial charge on any atom is -0.348 e. The molecule has 0 spiro atoms. The van der Waals surface area contributed by atoms with Gasteiger partial charge in [-0.05, 0) is 60.5 Å². The molecule has 0 saturated carbocycles. The molecule has 8 heteroatoms. The van der Waals surface area contributed by atoms with Crippen LogP contribution in [-0.4, -0.2) is 30.4 Å². The van der Waals surface area contributed by atoms with Crippen molar-refractivity contribution in [2.75, 3.05) is 5.32 Å². The van der Waals surface area contributed by atoms with Gasteiger partial charge in [0.05, 0.1) is 17.1 Å². The number of hydrogen-bond donors (Lipinski definition) is 2. The maximum absolute atomic E-state index is 12.7. The summed E-state index contributed by atoms with van der Waals surface area (Å²) in [6.45, 7) is 2.46. The van der Waals surface area contributed by atoms with Gasteiger partial charge < -0.3 is 10.6 Å². The monoisotopic (exact) mass is 449 g/mol. The fourth-order valence-corrected chi connectivity index (χ4v) is 3.71. The van der Waals surface area contributed by atoms with Crippen LogP contribution in [0.4, 0.5) is 5.95 Å². The molecule has 0 aliphatic heterocycles. The first-order valence-electron chi connectivity index (χ1n) is 11.0. The summed E-state index contributed by atoms with van der Waals surface area (Å²) in [6.07, 6.45) is 6.90. The number of para-hydroxylation sites is 2. The second-order valence-electron chi connectivity index (χ2n) is 7.87. The van der Waals surface area contributed by atoms with Gasteiger partial charge in [0.25, 0.3) is 5.91 Å². The van der Waals surface area contributed by atoms with Crippen LogP contribution in [0.1, 0.15) is 34.5 Å². The molecule has 0 aliphatic rings. The average molecular weight is 450 g/mol. The zero-order valence-corrected chi connectivity index (χ0v) is 18.6. The molecule has 3 heterocycles. The molecule has 2 N–H and O–H groups in total. The summed E-state index contributed by atoms with van der Waals surface area (Å²) < 4.78 is 1.93. The van der Waals surface area contributed by atoms with Crippen LogP contribution in [0.15, 0.2) is 91.6 Å². The highest BCUT2D eigenvalue weighted by Crippen LogP contribution is 2.20. The van der Waals surface area contributed by atoms with Crippen molar-refractivity contribution in [2.45, 2.75) is 19.5 Å². The lowest BCUT2D eigenvalue weighted by molar-refractivity contribution is 0.0951. The first kappa shape index (κ1) is 21.3. The Labute approximate surface area is 196 Å². The summed E-state index contributed by atoms with van der Waals surface area (Å²) in [4.78, 5) is 30.1. The molecule has 0 unspecified atom stereocenters. The van der Waals surface area contributed by atoms with E-state index in [4.69, 9.17) is 0 Å². The highest BCUT2D eigenvalue weighted by atomic mass is 16.1. The van der Waals surface area contributed by atoms with Crippen LogP contribution < -0.4 is 10.6 Å². The number of carbonyl (C=O) groups excluding carboxylic acids is 1. The zero-order chi connectivity index (χ0) is 23.3. The van der Waals surface area contributed by atoms with Crippen molar-refractivity contribution >= 4 is 22.9 Å². The molecule has 5 rings (SSSR count). The van der Waals surface area contributed by atoms with Crippen LogP contribution in [0.3, 0.4) is 0 Å². The quantitative estimate of drug-likeness (QED) is 0.384. The van der Waals surface area contributed by atoms with Crippen molar-refractivity contribution in [3.63, 3.8) is 0 Å². The standard InChI is InChI=1S/C26H23N7O/c1-18(20-5-4-6-21(15-20)25(34)29-16-19-9-12-27-13-10-19)31-26-28-14-11-24(32-26)33-17-30-22-7-2-3-8-23(22)33/h2-15,17-18H,16H2,1H3,(H,29,34)(H,28,31,32)/t18-/m0/s1. The van der Waals surface area contributed by atoms with Gasteiger partial charge in [-0.15, -0.1) is 0 Å². The SMILES string of the molecule is C[C@H](Nc1nccc(-n2cnc3ccccc32)n1)c1cccc(C(=O)NCc2ccncc2)c1. The maximum Gasteiger partial charge on any atom is 0.251 e. The first-order valence-corrected chi connectivity index (χ1v) is 11.0. The van der Waals surface area contributed by atoms with Crippen molar-refractivity contribution in [1.29, 1.82) is 0 Å². The molecule has 0 radical (unpaired) electrons. The molecule has 168 valence electrons. The van der Waals surface area contributed by atoms with Crippen molar-refractivity contribution in [3.05, 3.63) is 108 Å². The predicted octanol–water partition coefficient (Wildman–Crippen LogP) is 4.31. The van der Waals surface area contributed by atoms with Gasteiger partial charge in [0.1, 0.15) is 12.1 Å². The van der Waals surface area contributed by atoms with Gasteiger partial charge in [-0.3, -0.25) is 14.3 Å². The lowest BCUT2D eigenvalue weighted by atomic mass is 10.0. The second kappa shape index (κ2) is 9.50. The Morgan fingerprint density at radius 1 is 0.971 bits per heavy atom. The van der Waals surface area contributed by atoms with Crippen molar-refractivity contribution in [1.82, 2.24) is 29.8 Å². The summed E-state index contributed by atoms with van der Waals surface area (Å²) in [5.74, 6) is 1.09. The number of aromatic nitrogens is 5. The third-order valence-corrected chi connectivity index (χ3v) is 5.54. The van der Waals surface area contributed by atoms with Gasteiger partial charge in [0, 0.05) is 30.7 Å². The fraction of sp³-hybridized carbons (Fsp3) is 0.115. The van der Waals surface area contributed by atoms with Gasteiger partial charge >= 0.3 is 0 Å². The fourth-order valence-electron chi connectivity index (χ4n) is 3.71. The number of hydrogen-bond acceptors (Lipinski definition) is 6. The number of nitrogens with zero attached hydrogens (tertiary/aromatic N) is 5. The summed E-state index contributed by atoms with van der Waals surface area (Å²) in [5, 5.41) is 6.29. The molecule has 0 saturated heterocycles. The van der Waals surface area contributed by atoms with Crippen molar-refractivity contribution < 1.29 is 4.79 Å². The van der Waals surface area contributed by atoms with E-state index in [9.17, 15) is 4.79 Å². The molecule has 0 aliphatic carbocycles.